The van der Waals surface area contributed by atoms with Crippen molar-refractivity contribution in [2.24, 2.45) is 0 Å². The van der Waals surface area contributed by atoms with Gasteiger partial charge in [0.05, 0.1) is 13.2 Å². The van der Waals surface area contributed by atoms with E-state index in [0.717, 1.165) is 6.42 Å². The third-order valence-corrected chi connectivity index (χ3v) is 1.76. The molecule has 1 heterocycles. The SMILES string of the molecule is CCC=C(C)C(=O)ON1CCOC1. The fraction of sp³-hybridized carbons (Fsp3) is 0.667. The summed E-state index contributed by atoms with van der Waals surface area (Å²) in [5.41, 5.74) is 0.648. The Morgan fingerprint density at radius 3 is 3.00 bits per heavy atom. The summed E-state index contributed by atoms with van der Waals surface area (Å²) in [6.45, 7) is 5.40. The molecule has 74 valence electrons. The number of carbonyl (C=O) groups excluding carboxylic acids is 1. The van der Waals surface area contributed by atoms with Crippen molar-refractivity contribution in [1.82, 2.24) is 5.06 Å². The van der Waals surface area contributed by atoms with Gasteiger partial charge in [0.1, 0.15) is 6.73 Å². The third-order valence-electron chi connectivity index (χ3n) is 1.76. The van der Waals surface area contributed by atoms with Crippen LogP contribution in [0.4, 0.5) is 0 Å². The lowest BCUT2D eigenvalue weighted by Gasteiger charge is -2.12. The van der Waals surface area contributed by atoms with Gasteiger partial charge in [0.2, 0.25) is 0 Å². The average molecular weight is 185 g/mol. The zero-order valence-corrected chi connectivity index (χ0v) is 8.08. The summed E-state index contributed by atoms with van der Waals surface area (Å²) in [7, 11) is 0. The molecule has 0 aromatic rings. The van der Waals surface area contributed by atoms with Crippen LogP contribution >= 0.6 is 0 Å². The summed E-state index contributed by atoms with van der Waals surface area (Å²) >= 11 is 0. The van der Waals surface area contributed by atoms with E-state index in [0.29, 0.717) is 25.5 Å². The van der Waals surface area contributed by atoms with Gasteiger partial charge in [0.15, 0.2) is 0 Å². The Labute approximate surface area is 78.1 Å². The first kappa shape index (κ1) is 10.2. The molecule has 0 atom stereocenters. The molecule has 0 saturated carbocycles. The van der Waals surface area contributed by atoms with Gasteiger partial charge in [-0.15, -0.1) is 5.06 Å². The van der Waals surface area contributed by atoms with Gasteiger partial charge >= 0.3 is 5.97 Å². The molecular formula is C9H15NO3. The summed E-state index contributed by atoms with van der Waals surface area (Å²) in [5.74, 6) is -0.285. The third kappa shape index (κ3) is 3.16. The second kappa shape index (κ2) is 4.99. The van der Waals surface area contributed by atoms with E-state index in [-0.39, 0.29) is 5.97 Å². The molecule has 1 saturated heterocycles. The fourth-order valence-electron chi connectivity index (χ4n) is 1.05. The lowest BCUT2D eigenvalue weighted by atomic mass is 10.2. The minimum absolute atomic E-state index is 0.285. The van der Waals surface area contributed by atoms with Crippen molar-refractivity contribution in [2.45, 2.75) is 20.3 Å². The highest BCUT2D eigenvalue weighted by Crippen LogP contribution is 2.04. The van der Waals surface area contributed by atoms with Crippen LogP contribution in [-0.2, 0) is 14.4 Å². The zero-order chi connectivity index (χ0) is 9.68. The van der Waals surface area contributed by atoms with Crippen LogP contribution in [0.1, 0.15) is 20.3 Å². The highest BCUT2D eigenvalue weighted by molar-refractivity contribution is 5.87. The molecule has 13 heavy (non-hydrogen) atoms. The molecule has 4 nitrogen and oxygen atoms in total. The molecule has 1 aliphatic heterocycles. The van der Waals surface area contributed by atoms with Crippen LogP contribution < -0.4 is 0 Å². The topological polar surface area (TPSA) is 38.8 Å². The molecule has 0 aromatic carbocycles. The minimum Gasteiger partial charge on any atom is -0.362 e. The van der Waals surface area contributed by atoms with Crippen LogP contribution in [-0.4, -0.2) is 30.9 Å². The van der Waals surface area contributed by atoms with Crippen LogP contribution in [0.2, 0.25) is 0 Å². The fourth-order valence-corrected chi connectivity index (χ4v) is 1.05. The Bertz CT molecular complexity index is 207. The number of allylic oxidation sites excluding steroid dienone is 1. The quantitative estimate of drug-likeness (QED) is 0.617. The molecule has 1 rings (SSSR count). The molecule has 0 spiro atoms. The maximum absolute atomic E-state index is 11.3. The highest BCUT2D eigenvalue weighted by Gasteiger charge is 2.17. The maximum atomic E-state index is 11.3. The lowest BCUT2D eigenvalue weighted by molar-refractivity contribution is -0.186. The summed E-state index contributed by atoms with van der Waals surface area (Å²) < 4.78 is 5.03. The molecule has 4 heteroatoms. The Hall–Kier alpha value is -0.870. The van der Waals surface area contributed by atoms with E-state index in [9.17, 15) is 4.79 Å². The van der Waals surface area contributed by atoms with Gasteiger partial charge in [-0.25, -0.2) is 4.79 Å². The first-order valence-electron chi connectivity index (χ1n) is 4.45. The van der Waals surface area contributed by atoms with Crippen LogP contribution in [0.3, 0.4) is 0 Å². The molecule has 1 aliphatic rings. The van der Waals surface area contributed by atoms with Gasteiger partial charge in [-0.05, 0) is 13.3 Å². The summed E-state index contributed by atoms with van der Waals surface area (Å²) in [4.78, 5) is 16.3. The summed E-state index contributed by atoms with van der Waals surface area (Å²) in [5, 5.41) is 1.52. The van der Waals surface area contributed by atoms with Crippen LogP contribution in [0, 0.1) is 0 Å². The number of nitrogens with zero attached hydrogens (tertiary/aromatic N) is 1. The van der Waals surface area contributed by atoms with Crippen molar-refractivity contribution >= 4 is 5.97 Å². The van der Waals surface area contributed by atoms with Crippen LogP contribution in [0.15, 0.2) is 11.6 Å². The van der Waals surface area contributed by atoms with Gasteiger partial charge in [0, 0.05) is 5.57 Å². The Kier molecular flexibility index (Phi) is 3.92. The summed E-state index contributed by atoms with van der Waals surface area (Å²) in [6, 6.07) is 0. The number of rotatable bonds is 3. The van der Waals surface area contributed by atoms with Gasteiger partial charge in [-0.1, -0.05) is 13.0 Å². The lowest BCUT2D eigenvalue weighted by Crippen LogP contribution is -2.25. The molecule has 0 unspecified atom stereocenters. The van der Waals surface area contributed by atoms with Gasteiger partial charge in [-0.3, -0.25) is 0 Å². The van der Waals surface area contributed by atoms with Crippen molar-refractivity contribution in [3.05, 3.63) is 11.6 Å². The van der Waals surface area contributed by atoms with Crippen LogP contribution in [0.5, 0.6) is 0 Å². The van der Waals surface area contributed by atoms with E-state index < -0.39 is 0 Å². The second-order valence-electron chi connectivity index (χ2n) is 2.92. The molecule has 0 aliphatic carbocycles. The monoisotopic (exact) mass is 185 g/mol. The Morgan fingerprint density at radius 2 is 2.46 bits per heavy atom. The van der Waals surface area contributed by atoms with Crippen molar-refractivity contribution in [3.63, 3.8) is 0 Å². The zero-order valence-electron chi connectivity index (χ0n) is 8.08. The average Bonchev–Trinajstić information content (AvgIpc) is 2.57. The molecular weight excluding hydrogens is 170 g/mol. The molecule has 0 radical (unpaired) electrons. The number of ether oxygens (including phenoxy) is 1. The minimum atomic E-state index is -0.285. The van der Waals surface area contributed by atoms with E-state index in [1.165, 1.54) is 5.06 Å². The molecule has 0 N–H and O–H groups in total. The number of hydrogen-bond donors (Lipinski definition) is 0. The Balaban J connectivity index is 2.35. The molecule has 0 aromatic heterocycles. The van der Waals surface area contributed by atoms with Crippen LogP contribution in [0.25, 0.3) is 0 Å². The standard InChI is InChI=1S/C9H15NO3/c1-3-4-8(2)9(11)13-10-5-6-12-7-10/h4H,3,5-7H2,1-2H3. The second-order valence-corrected chi connectivity index (χ2v) is 2.92. The van der Waals surface area contributed by atoms with E-state index in [1.54, 1.807) is 6.92 Å². The molecule has 0 bridgehead atoms. The van der Waals surface area contributed by atoms with E-state index >= 15 is 0 Å². The predicted octanol–water partition coefficient (Wildman–Crippen LogP) is 1.09. The first-order valence-corrected chi connectivity index (χ1v) is 4.45. The molecule has 1 fully saturated rings. The van der Waals surface area contributed by atoms with Gasteiger partial charge < -0.3 is 9.57 Å². The van der Waals surface area contributed by atoms with Gasteiger partial charge in [-0.2, -0.15) is 0 Å². The van der Waals surface area contributed by atoms with Crippen molar-refractivity contribution in [1.29, 1.82) is 0 Å². The Morgan fingerprint density at radius 1 is 1.69 bits per heavy atom. The normalized spacial score (nSPS) is 19.1. The van der Waals surface area contributed by atoms with Crippen molar-refractivity contribution < 1.29 is 14.4 Å². The number of carbonyl (C=O) groups is 1. The smallest absolute Gasteiger partial charge is 0.352 e. The number of hydroxylamine groups is 2. The van der Waals surface area contributed by atoms with E-state index in [4.69, 9.17) is 9.57 Å². The highest BCUT2D eigenvalue weighted by atomic mass is 16.7. The van der Waals surface area contributed by atoms with Crippen molar-refractivity contribution in [2.75, 3.05) is 19.9 Å². The van der Waals surface area contributed by atoms with E-state index in [1.807, 2.05) is 13.0 Å². The predicted molar refractivity (Wildman–Crippen MR) is 47.7 cm³/mol. The van der Waals surface area contributed by atoms with E-state index in [2.05, 4.69) is 0 Å². The summed E-state index contributed by atoms with van der Waals surface area (Å²) in [6.07, 6.45) is 2.69. The van der Waals surface area contributed by atoms with Crippen molar-refractivity contribution in [3.8, 4) is 0 Å². The first-order chi connectivity index (χ1) is 6.24. The maximum Gasteiger partial charge on any atom is 0.352 e. The number of hydrogen-bond acceptors (Lipinski definition) is 4. The molecule has 0 amide bonds. The largest absolute Gasteiger partial charge is 0.362 e. The van der Waals surface area contributed by atoms with Gasteiger partial charge in [0.25, 0.3) is 0 Å².